The average molecular weight is 144 g/mol. The third kappa shape index (κ3) is 1.55. The topological polar surface area (TPSA) is 66.0 Å². The standard InChI is InChI=1S/C4H4N2O2S/c7-3-1-2-5-4(6-3)9-8/h1-2,8H,(H,5,6,7). The zero-order valence-electron chi connectivity index (χ0n) is 4.37. The highest BCUT2D eigenvalue weighted by molar-refractivity contribution is 7.93. The Bertz CT molecular complexity index is 246. The van der Waals surface area contributed by atoms with E-state index >= 15 is 0 Å². The summed E-state index contributed by atoms with van der Waals surface area (Å²) in [5.41, 5.74) is -0.262. The molecule has 0 amide bonds. The summed E-state index contributed by atoms with van der Waals surface area (Å²) < 4.78 is 8.35. The van der Waals surface area contributed by atoms with Crippen LogP contribution in [0.4, 0.5) is 0 Å². The molecule has 0 aromatic carbocycles. The summed E-state index contributed by atoms with van der Waals surface area (Å²) in [7, 11) is 0. The summed E-state index contributed by atoms with van der Waals surface area (Å²) in [6, 6.07) is 1.28. The number of nitrogens with zero attached hydrogens (tertiary/aromatic N) is 1. The van der Waals surface area contributed by atoms with Crippen LogP contribution in [0.15, 0.2) is 22.2 Å². The molecule has 0 aliphatic heterocycles. The van der Waals surface area contributed by atoms with E-state index in [9.17, 15) is 4.79 Å². The second kappa shape index (κ2) is 2.65. The predicted molar refractivity (Wildman–Crippen MR) is 33.3 cm³/mol. The zero-order valence-corrected chi connectivity index (χ0v) is 5.18. The Balaban J connectivity index is 3.08. The van der Waals surface area contributed by atoms with Gasteiger partial charge in [0, 0.05) is 12.3 Å². The summed E-state index contributed by atoms with van der Waals surface area (Å²) in [5.74, 6) is 0. The molecule has 0 fully saturated rings. The van der Waals surface area contributed by atoms with E-state index in [1.165, 1.54) is 12.3 Å². The van der Waals surface area contributed by atoms with Gasteiger partial charge in [-0.2, -0.15) is 0 Å². The number of aromatic amines is 1. The molecule has 0 saturated carbocycles. The monoisotopic (exact) mass is 144 g/mol. The molecule has 1 heterocycles. The van der Waals surface area contributed by atoms with Crippen LogP contribution in [-0.2, 0) is 0 Å². The van der Waals surface area contributed by atoms with Crippen LogP contribution in [0.5, 0.6) is 0 Å². The number of aromatic nitrogens is 2. The second-order valence-corrected chi connectivity index (χ2v) is 1.90. The summed E-state index contributed by atoms with van der Waals surface area (Å²) in [5, 5.41) is 0.211. The third-order valence-electron chi connectivity index (χ3n) is 0.734. The number of H-pyrrole nitrogens is 1. The SMILES string of the molecule is O=c1ccnc(SO)[nH]1. The average Bonchev–Trinajstić information content (AvgIpc) is 1.88. The minimum absolute atomic E-state index is 0.211. The Hall–Kier alpha value is -0.810. The van der Waals surface area contributed by atoms with Crippen LogP contribution >= 0.6 is 12.0 Å². The first kappa shape index (κ1) is 6.31. The minimum atomic E-state index is -0.262. The van der Waals surface area contributed by atoms with Gasteiger partial charge in [-0.3, -0.25) is 9.78 Å². The lowest BCUT2D eigenvalue weighted by Crippen LogP contribution is -2.04. The Morgan fingerprint density at radius 1 is 1.78 bits per heavy atom. The molecule has 0 radical (unpaired) electrons. The van der Waals surface area contributed by atoms with Crippen molar-refractivity contribution in [1.29, 1.82) is 0 Å². The number of nitrogens with one attached hydrogen (secondary N) is 1. The van der Waals surface area contributed by atoms with E-state index in [4.69, 9.17) is 4.55 Å². The van der Waals surface area contributed by atoms with Gasteiger partial charge in [0.15, 0.2) is 5.16 Å². The van der Waals surface area contributed by atoms with E-state index in [0.717, 1.165) is 0 Å². The highest BCUT2D eigenvalue weighted by Gasteiger charge is 1.89. The van der Waals surface area contributed by atoms with Gasteiger partial charge < -0.3 is 4.55 Å². The molecule has 0 unspecified atom stereocenters. The molecule has 0 saturated heterocycles. The van der Waals surface area contributed by atoms with E-state index in [2.05, 4.69) is 9.97 Å². The maximum atomic E-state index is 10.4. The molecule has 4 nitrogen and oxygen atoms in total. The number of rotatable bonds is 1. The molecule has 1 aromatic heterocycles. The van der Waals surface area contributed by atoms with Crippen LogP contribution in [0.3, 0.4) is 0 Å². The lowest BCUT2D eigenvalue weighted by molar-refractivity contribution is 0.653. The first-order valence-electron chi connectivity index (χ1n) is 2.19. The second-order valence-electron chi connectivity index (χ2n) is 1.33. The van der Waals surface area contributed by atoms with Crippen LogP contribution in [0, 0.1) is 0 Å². The molecule has 0 aliphatic carbocycles. The summed E-state index contributed by atoms with van der Waals surface area (Å²) in [6.45, 7) is 0. The third-order valence-corrected chi connectivity index (χ3v) is 1.11. The van der Waals surface area contributed by atoms with Crippen molar-refractivity contribution in [2.45, 2.75) is 5.16 Å². The van der Waals surface area contributed by atoms with Crippen molar-refractivity contribution >= 4 is 12.0 Å². The Labute approximate surface area is 55.2 Å². The van der Waals surface area contributed by atoms with Gasteiger partial charge in [-0.25, -0.2) is 4.98 Å². The fourth-order valence-corrected chi connectivity index (χ4v) is 0.653. The van der Waals surface area contributed by atoms with Gasteiger partial charge >= 0.3 is 0 Å². The van der Waals surface area contributed by atoms with Crippen LogP contribution in [0.25, 0.3) is 0 Å². The summed E-state index contributed by atoms with van der Waals surface area (Å²) >= 11 is 0.416. The first-order valence-corrected chi connectivity index (χ1v) is 2.97. The van der Waals surface area contributed by atoms with Crippen LogP contribution in [0.2, 0.25) is 0 Å². The fraction of sp³-hybridized carbons (Fsp3) is 0. The minimum Gasteiger partial charge on any atom is -0.323 e. The highest BCUT2D eigenvalue weighted by Crippen LogP contribution is 2.00. The lowest BCUT2D eigenvalue weighted by atomic mass is 10.7. The van der Waals surface area contributed by atoms with Gasteiger partial charge in [-0.15, -0.1) is 0 Å². The Morgan fingerprint density at radius 2 is 2.56 bits per heavy atom. The van der Waals surface area contributed by atoms with Crippen molar-refractivity contribution in [3.05, 3.63) is 22.6 Å². The van der Waals surface area contributed by atoms with Gasteiger partial charge in [-0.05, 0) is 0 Å². The fourth-order valence-electron chi connectivity index (χ4n) is 0.398. The van der Waals surface area contributed by atoms with Crippen molar-refractivity contribution in [3.63, 3.8) is 0 Å². The van der Waals surface area contributed by atoms with Gasteiger partial charge in [-0.1, -0.05) is 0 Å². The van der Waals surface area contributed by atoms with Gasteiger partial charge in [0.05, 0.1) is 12.0 Å². The molecular weight excluding hydrogens is 140 g/mol. The van der Waals surface area contributed by atoms with Crippen molar-refractivity contribution < 1.29 is 4.55 Å². The largest absolute Gasteiger partial charge is 0.323 e. The molecular formula is C4H4N2O2S. The van der Waals surface area contributed by atoms with E-state index in [-0.39, 0.29) is 10.7 Å². The van der Waals surface area contributed by atoms with Crippen molar-refractivity contribution in [3.8, 4) is 0 Å². The van der Waals surface area contributed by atoms with E-state index < -0.39 is 0 Å². The smallest absolute Gasteiger partial charge is 0.251 e. The molecule has 0 aliphatic rings. The first-order chi connectivity index (χ1) is 4.33. The molecule has 5 heteroatoms. The Morgan fingerprint density at radius 3 is 3.00 bits per heavy atom. The molecule has 1 rings (SSSR count). The van der Waals surface area contributed by atoms with E-state index in [1.807, 2.05) is 0 Å². The predicted octanol–water partition coefficient (Wildman–Crippen LogP) is 0.335. The van der Waals surface area contributed by atoms with Crippen molar-refractivity contribution in [1.82, 2.24) is 9.97 Å². The van der Waals surface area contributed by atoms with Crippen molar-refractivity contribution in [2.75, 3.05) is 0 Å². The maximum absolute atomic E-state index is 10.4. The molecule has 1 aromatic rings. The van der Waals surface area contributed by atoms with Crippen molar-refractivity contribution in [2.24, 2.45) is 0 Å². The summed E-state index contributed by atoms with van der Waals surface area (Å²) in [4.78, 5) is 16.3. The normalized spacial score (nSPS) is 9.44. The maximum Gasteiger partial charge on any atom is 0.251 e. The van der Waals surface area contributed by atoms with E-state index in [0.29, 0.717) is 12.0 Å². The quantitative estimate of drug-likeness (QED) is 0.440. The van der Waals surface area contributed by atoms with Gasteiger partial charge in [0.25, 0.3) is 5.56 Å². The van der Waals surface area contributed by atoms with E-state index in [1.54, 1.807) is 0 Å². The highest BCUT2D eigenvalue weighted by atomic mass is 32.2. The molecule has 9 heavy (non-hydrogen) atoms. The summed E-state index contributed by atoms with van der Waals surface area (Å²) in [6.07, 6.45) is 1.33. The zero-order chi connectivity index (χ0) is 6.69. The Kier molecular flexibility index (Phi) is 1.86. The lowest BCUT2D eigenvalue weighted by Gasteiger charge is -1.87. The van der Waals surface area contributed by atoms with Gasteiger partial charge in [0.1, 0.15) is 0 Å². The molecule has 0 spiro atoms. The molecule has 0 bridgehead atoms. The molecule has 0 atom stereocenters. The van der Waals surface area contributed by atoms with Gasteiger partial charge in [0.2, 0.25) is 0 Å². The van der Waals surface area contributed by atoms with Crippen LogP contribution < -0.4 is 5.56 Å². The molecule has 2 N–H and O–H groups in total. The van der Waals surface area contributed by atoms with Crippen LogP contribution in [0.1, 0.15) is 0 Å². The van der Waals surface area contributed by atoms with Crippen LogP contribution in [-0.4, -0.2) is 14.5 Å². The molecule has 48 valence electrons. The number of hydrogen-bond acceptors (Lipinski definition) is 4. The number of hydrogen-bond donors (Lipinski definition) is 2.